The molecule has 0 bridgehead atoms. The number of carbonyl (C=O) groups is 1. The molecule has 14 heavy (non-hydrogen) atoms. The minimum atomic E-state index is -3.76. The Bertz CT molecular complexity index is 529. The Hall–Kier alpha value is -1.41. The van der Waals surface area contributed by atoms with Crippen LogP contribution in [0.5, 0.6) is 0 Å². The molecule has 0 unspecified atom stereocenters. The van der Waals surface area contributed by atoms with Crippen molar-refractivity contribution in [3.8, 4) is 0 Å². The molecule has 1 amide bonds. The first-order valence-corrected chi connectivity index (χ1v) is 5.81. The van der Waals surface area contributed by atoms with Gasteiger partial charge in [0, 0.05) is 5.38 Å². The molecule has 0 fully saturated rings. The maximum absolute atomic E-state index is 11.4. The fourth-order valence-corrected chi connectivity index (χ4v) is 3.45. The van der Waals surface area contributed by atoms with Crippen molar-refractivity contribution in [2.24, 2.45) is 10.1 Å². The lowest BCUT2D eigenvalue weighted by molar-refractivity contribution is 0.0998. The van der Waals surface area contributed by atoms with E-state index >= 15 is 0 Å². The lowest BCUT2D eigenvalue weighted by Crippen LogP contribution is -2.17. The minimum Gasteiger partial charge on any atom is -0.366 e. The van der Waals surface area contributed by atoms with E-state index in [1.807, 2.05) is 0 Å². The maximum Gasteiger partial charge on any atom is 0.287 e. The molecule has 1 aliphatic heterocycles. The number of nitrogens with one attached hydrogen (secondary N) is 1. The normalized spacial score (nSPS) is 17.1. The molecular formula is C6H5N3O3S2. The zero-order chi connectivity index (χ0) is 10.3. The van der Waals surface area contributed by atoms with Crippen LogP contribution in [0.25, 0.3) is 0 Å². The van der Waals surface area contributed by atoms with Crippen molar-refractivity contribution in [1.29, 1.82) is 0 Å². The first-order chi connectivity index (χ1) is 6.52. The van der Waals surface area contributed by atoms with Gasteiger partial charge in [-0.05, 0) is 0 Å². The van der Waals surface area contributed by atoms with E-state index in [1.54, 1.807) is 0 Å². The lowest BCUT2D eigenvalue weighted by atomic mass is 10.3. The highest BCUT2D eigenvalue weighted by molar-refractivity contribution is 7.90. The summed E-state index contributed by atoms with van der Waals surface area (Å²) in [5.74, 6) is -0.773. The van der Waals surface area contributed by atoms with Crippen LogP contribution in [0.2, 0.25) is 0 Å². The molecule has 2 rings (SSSR count). The van der Waals surface area contributed by atoms with Crippen molar-refractivity contribution in [2.75, 3.05) is 5.32 Å². The summed E-state index contributed by atoms with van der Waals surface area (Å²) in [5.41, 5.74) is 5.01. The van der Waals surface area contributed by atoms with E-state index in [-0.39, 0.29) is 10.5 Å². The van der Waals surface area contributed by atoms with Gasteiger partial charge >= 0.3 is 0 Å². The fourth-order valence-electron chi connectivity index (χ4n) is 1.08. The quantitative estimate of drug-likeness (QED) is 0.709. The van der Waals surface area contributed by atoms with Crippen molar-refractivity contribution in [3.05, 3.63) is 10.9 Å². The van der Waals surface area contributed by atoms with Gasteiger partial charge in [-0.3, -0.25) is 4.79 Å². The number of thiophene rings is 1. The number of nitrogens with zero attached hydrogens (tertiary/aromatic N) is 1. The Kier molecular flexibility index (Phi) is 1.82. The summed E-state index contributed by atoms with van der Waals surface area (Å²) in [4.78, 5) is 10.8. The second-order valence-corrected chi connectivity index (χ2v) is 4.97. The fraction of sp³-hybridized carbons (Fsp3) is 0. The smallest absolute Gasteiger partial charge is 0.287 e. The van der Waals surface area contributed by atoms with Crippen LogP contribution in [-0.4, -0.2) is 20.7 Å². The first kappa shape index (κ1) is 9.16. The van der Waals surface area contributed by atoms with E-state index in [0.717, 1.165) is 17.7 Å². The highest BCUT2D eigenvalue weighted by Gasteiger charge is 2.28. The summed E-state index contributed by atoms with van der Waals surface area (Å²) in [6.07, 6.45) is 1.07. The van der Waals surface area contributed by atoms with E-state index in [2.05, 4.69) is 9.71 Å². The number of amides is 1. The third kappa shape index (κ3) is 1.19. The lowest BCUT2D eigenvalue weighted by Gasteiger charge is -2.07. The van der Waals surface area contributed by atoms with Crippen LogP contribution in [0.1, 0.15) is 10.4 Å². The SMILES string of the molecule is NC(=O)c1csc2c1S(=O)(=O)N=CN2. The standard InChI is InChI=1S/C6H5N3O3S2/c7-5(10)3-1-13-6-4(3)14(11,12)9-2-8-6/h1-2H,(H2,7,10)(H,8,9). The van der Waals surface area contributed by atoms with Crippen molar-refractivity contribution in [3.63, 3.8) is 0 Å². The zero-order valence-electron chi connectivity index (χ0n) is 6.72. The van der Waals surface area contributed by atoms with Gasteiger partial charge in [0.15, 0.2) is 0 Å². The van der Waals surface area contributed by atoms with Crippen molar-refractivity contribution < 1.29 is 13.2 Å². The Balaban J connectivity index is 2.75. The third-order valence-corrected chi connectivity index (χ3v) is 4.02. The number of primary amides is 1. The predicted octanol–water partition coefficient (Wildman–Crippen LogP) is -0.0105. The second kappa shape index (κ2) is 2.79. The van der Waals surface area contributed by atoms with Crippen LogP contribution in [0, 0.1) is 0 Å². The number of carbonyl (C=O) groups excluding carboxylic acids is 1. The molecule has 0 saturated carbocycles. The van der Waals surface area contributed by atoms with Crippen LogP contribution in [-0.2, 0) is 10.0 Å². The van der Waals surface area contributed by atoms with Gasteiger partial charge in [0.05, 0.1) is 5.56 Å². The van der Waals surface area contributed by atoms with Gasteiger partial charge < -0.3 is 11.1 Å². The maximum atomic E-state index is 11.4. The Labute approximate surface area is 83.5 Å². The Morgan fingerprint density at radius 1 is 1.57 bits per heavy atom. The molecule has 2 heterocycles. The van der Waals surface area contributed by atoms with Gasteiger partial charge in [0.2, 0.25) is 0 Å². The molecule has 0 aromatic carbocycles. The van der Waals surface area contributed by atoms with Crippen LogP contribution >= 0.6 is 11.3 Å². The van der Waals surface area contributed by atoms with E-state index in [0.29, 0.717) is 5.00 Å². The van der Waals surface area contributed by atoms with Crippen molar-refractivity contribution >= 4 is 38.6 Å². The molecule has 6 nitrogen and oxygen atoms in total. The van der Waals surface area contributed by atoms with Gasteiger partial charge in [-0.15, -0.1) is 15.7 Å². The van der Waals surface area contributed by atoms with E-state index < -0.39 is 15.9 Å². The molecule has 0 atom stereocenters. The largest absolute Gasteiger partial charge is 0.366 e. The van der Waals surface area contributed by atoms with Crippen LogP contribution in [0.3, 0.4) is 0 Å². The van der Waals surface area contributed by atoms with E-state index in [1.165, 1.54) is 5.38 Å². The Morgan fingerprint density at radius 2 is 2.29 bits per heavy atom. The molecule has 1 aliphatic rings. The van der Waals surface area contributed by atoms with Crippen LogP contribution in [0.15, 0.2) is 14.7 Å². The molecule has 0 radical (unpaired) electrons. The minimum absolute atomic E-state index is 0.0191. The summed E-state index contributed by atoms with van der Waals surface area (Å²) in [5, 5.41) is 4.40. The topological polar surface area (TPSA) is 102 Å². The third-order valence-electron chi connectivity index (χ3n) is 1.66. The Morgan fingerprint density at radius 3 is 2.93 bits per heavy atom. The van der Waals surface area contributed by atoms with Crippen molar-refractivity contribution in [2.45, 2.75) is 4.90 Å². The van der Waals surface area contributed by atoms with E-state index in [4.69, 9.17) is 5.73 Å². The molecule has 74 valence electrons. The average Bonchev–Trinajstić information content (AvgIpc) is 2.48. The molecule has 0 spiro atoms. The van der Waals surface area contributed by atoms with Gasteiger partial charge in [-0.2, -0.15) is 8.42 Å². The van der Waals surface area contributed by atoms with Gasteiger partial charge in [0.1, 0.15) is 16.2 Å². The highest BCUT2D eigenvalue weighted by Crippen LogP contribution is 2.34. The van der Waals surface area contributed by atoms with Gasteiger partial charge in [-0.25, -0.2) is 0 Å². The molecule has 0 aliphatic carbocycles. The summed E-state index contributed by atoms with van der Waals surface area (Å²) in [7, 11) is -3.76. The van der Waals surface area contributed by atoms with Crippen LogP contribution < -0.4 is 11.1 Å². The second-order valence-electron chi connectivity index (χ2n) is 2.53. The van der Waals surface area contributed by atoms with Gasteiger partial charge in [0.25, 0.3) is 15.9 Å². The van der Waals surface area contributed by atoms with Crippen molar-refractivity contribution in [1.82, 2.24) is 0 Å². The zero-order valence-corrected chi connectivity index (χ0v) is 8.35. The number of rotatable bonds is 1. The predicted molar refractivity (Wildman–Crippen MR) is 52.1 cm³/mol. The number of hydrogen-bond acceptors (Lipinski definition) is 5. The molecule has 1 aromatic rings. The first-order valence-electron chi connectivity index (χ1n) is 3.49. The average molecular weight is 231 g/mol. The summed E-state index contributed by atoms with van der Waals surface area (Å²) in [6, 6.07) is 0. The molecule has 8 heteroatoms. The summed E-state index contributed by atoms with van der Waals surface area (Å²) in [6.45, 7) is 0. The summed E-state index contributed by atoms with van der Waals surface area (Å²) >= 11 is 1.10. The number of anilines is 1. The molecule has 1 aromatic heterocycles. The highest BCUT2D eigenvalue weighted by atomic mass is 32.2. The van der Waals surface area contributed by atoms with Gasteiger partial charge in [-0.1, -0.05) is 0 Å². The number of sulfonamides is 1. The monoisotopic (exact) mass is 231 g/mol. The molecular weight excluding hydrogens is 226 g/mol. The molecule has 0 saturated heterocycles. The molecule has 3 N–H and O–H groups in total. The number of hydrogen-bond donors (Lipinski definition) is 2. The summed E-state index contributed by atoms with van der Waals surface area (Å²) < 4.78 is 26.1. The number of fused-ring (bicyclic) bond motifs is 1. The van der Waals surface area contributed by atoms with Crippen LogP contribution in [0.4, 0.5) is 5.00 Å². The van der Waals surface area contributed by atoms with E-state index in [9.17, 15) is 13.2 Å². The number of nitrogens with two attached hydrogens (primary N) is 1.